The lowest BCUT2D eigenvalue weighted by molar-refractivity contribution is -0.593. The van der Waals surface area contributed by atoms with E-state index in [0.29, 0.717) is 18.4 Å². The van der Waals surface area contributed by atoms with E-state index in [9.17, 15) is 4.39 Å². The molecule has 24 heavy (non-hydrogen) atoms. The van der Waals surface area contributed by atoms with Gasteiger partial charge in [0.05, 0.1) is 0 Å². The van der Waals surface area contributed by atoms with E-state index in [-0.39, 0.29) is 5.82 Å². The maximum atomic E-state index is 13.2. The average Bonchev–Trinajstić information content (AvgIpc) is 2.62. The topological polar surface area (TPSA) is 46.2 Å². The van der Waals surface area contributed by atoms with E-state index in [4.69, 9.17) is 24.3 Å². The van der Waals surface area contributed by atoms with Crippen LogP contribution in [-0.4, -0.2) is 6.29 Å². The van der Waals surface area contributed by atoms with Crippen LogP contribution in [0.5, 0.6) is 0 Å². The summed E-state index contributed by atoms with van der Waals surface area (Å²) in [6.45, 7) is 0. The summed E-state index contributed by atoms with van der Waals surface area (Å²) in [4.78, 5) is 21.9. The van der Waals surface area contributed by atoms with E-state index >= 15 is 0 Å². The van der Waals surface area contributed by atoms with Crippen LogP contribution < -0.4 is 0 Å². The summed E-state index contributed by atoms with van der Waals surface area (Å²) in [5.41, 5.74) is 1.43. The Kier molecular flexibility index (Phi) is 4.30. The molecule has 2 aromatic rings. The second kappa shape index (κ2) is 6.58. The molecule has 4 rings (SSSR count). The zero-order valence-electron chi connectivity index (χ0n) is 12.9. The maximum Gasteiger partial charge on any atom is 0.249 e. The third-order valence-electron chi connectivity index (χ3n) is 4.14. The van der Waals surface area contributed by atoms with Crippen molar-refractivity contribution in [2.75, 3.05) is 0 Å². The number of halogens is 1. The van der Waals surface area contributed by atoms with Crippen molar-refractivity contribution in [1.82, 2.24) is 0 Å². The first-order chi connectivity index (χ1) is 11.8. The number of ether oxygens (including phenoxy) is 1. The van der Waals surface area contributed by atoms with Gasteiger partial charge in [0.2, 0.25) is 12.1 Å². The van der Waals surface area contributed by atoms with Gasteiger partial charge in [-0.2, -0.15) is 14.7 Å². The molecule has 3 atom stereocenters. The molecular weight excluding hydrogens is 315 g/mol. The standard InChI is InChI=1S/C18H17FO5/c19-15-10-8-14(9-11-15)18-12-4-7-16(20-18)21-22-17(23-24-18)13-5-2-1-3-6-13/h1-3,5-6,8-11,16-17H,4,7,12H2. The molecule has 126 valence electrons. The molecule has 0 N–H and O–H groups in total. The van der Waals surface area contributed by atoms with Gasteiger partial charge in [0.1, 0.15) is 5.82 Å². The smallest absolute Gasteiger partial charge is 0.249 e. The van der Waals surface area contributed by atoms with Crippen molar-refractivity contribution in [2.24, 2.45) is 0 Å². The summed E-state index contributed by atoms with van der Waals surface area (Å²) in [6.07, 6.45) is 0.618. The Labute approximate surface area is 138 Å². The molecule has 0 aliphatic carbocycles. The molecule has 3 unspecified atom stereocenters. The molecule has 2 heterocycles. The van der Waals surface area contributed by atoms with Gasteiger partial charge in [-0.15, -0.1) is 0 Å². The van der Waals surface area contributed by atoms with Crippen molar-refractivity contribution in [3.8, 4) is 0 Å². The summed E-state index contributed by atoms with van der Waals surface area (Å²) < 4.78 is 19.2. The lowest BCUT2D eigenvalue weighted by Crippen LogP contribution is -2.44. The van der Waals surface area contributed by atoms with Crippen molar-refractivity contribution in [3.63, 3.8) is 0 Å². The van der Waals surface area contributed by atoms with Gasteiger partial charge in [-0.1, -0.05) is 42.5 Å². The van der Waals surface area contributed by atoms with Gasteiger partial charge in [-0.3, -0.25) is 0 Å². The summed E-state index contributed by atoms with van der Waals surface area (Å²) in [6, 6.07) is 15.3. The zero-order chi connectivity index (χ0) is 16.4. The largest absolute Gasteiger partial charge is 0.311 e. The molecular formula is C18H17FO5. The van der Waals surface area contributed by atoms with Gasteiger partial charge in [0.15, 0.2) is 6.29 Å². The Morgan fingerprint density at radius 1 is 0.917 bits per heavy atom. The number of hydrogen-bond donors (Lipinski definition) is 0. The Hall–Kier alpha value is -1.83. The van der Waals surface area contributed by atoms with Crippen LogP contribution >= 0.6 is 0 Å². The summed E-state index contributed by atoms with van der Waals surface area (Å²) in [7, 11) is 0. The molecule has 2 aliphatic heterocycles. The summed E-state index contributed by atoms with van der Waals surface area (Å²) in [5.74, 6) is -1.47. The number of hydrogen-bond acceptors (Lipinski definition) is 5. The highest BCUT2D eigenvalue weighted by Gasteiger charge is 2.45. The van der Waals surface area contributed by atoms with E-state index in [2.05, 4.69) is 0 Å². The Balaban J connectivity index is 1.63. The van der Waals surface area contributed by atoms with Gasteiger partial charge in [0, 0.05) is 24.0 Å². The highest BCUT2D eigenvalue weighted by Crippen LogP contribution is 2.42. The monoisotopic (exact) mass is 332 g/mol. The molecule has 2 saturated heterocycles. The van der Waals surface area contributed by atoms with Crippen molar-refractivity contribution >= 4 is 0 Å². The highest BCUT2D eigenvalue weighted by atomic mass is 19.1. The Morgan fingerprint density at radius 3 is 2.50 bits per heavy atom. The van der Waals surface area contributed by atoms with Crippen LogP contribution in [-0.2, 0) is 30.1 Å². The highest BCUT2D eigenvalue weighted by molar-refractivity contribution is 5.22. The number of rotatable bonds is 2. The molecule has 2 bridgehead atoms. The van der Waals surface area contributed by atoms with Gasteiger partial charge >= 0.3 is 0 Å². The summed E-state index contributed by atoms with van der Waals surface area (Å²) >= 11 is 0. The van der Waals surface area contributed by atoms with Crippen molar-refractivity contribution in [3.05, 3.63) is 71.5 Å². The normalized spacial score (nSPS) is 30.4. The molecule has 0 radical (unpaired) electrons. The molecule has 2 aliphatic rings. The molecule has 5 nitrogen and oxygen atoms in total. The van der Waals surface area contributed by atoms with Gasteiger partial charge < -0.3 is 4.74 Å². The first kappa shape index (κ1) is 15.7. The predicted octanol–water partition coefficient (Wildman–Crippen LogP) is 4.11. The maximum absolute atomic E-state index is 13.2. The van der Waals surface area contributed by atoms with E-state index in [0.717, 1.165) is 12.0 Å². The fourth-order valence-electron chi connectivity index (χ4n) is 2.90. The molecule has 2 fully saturated rings. The Morgan fingerprint density at radius 2 is 1.71 bits per heavy atom. The van der Waals surface area contributed by atoms with Crippen LogP contribution in [0.15, 0.2) is 54.6 Å². The minimum absolute atomic E-state index is 0.323. The average molecular weight is 332 g/mol. The van der Waals surface area contributed by atoms with Crippen LogP contribution in [0.1, 0.15) is 36.7 Å². The number of fused-ring (bicyclic) bond motifs is 2. The lowest BCUT2D eigenvalue weighted by Gasteiger charge is -2.41. The third kappa shape index (κ3) is 3.07. The minimum atomic E-state index is -1.15. The second-order valence-electron chi connectivity index (χ2n) is 5.81. The lowest BCUT2D eigenvalue weighted by atomic mass is 9.97. The summed E-state index contributed by atoms with van der Waals surface area (Å²) in [5, 5.41) is 0. The van der Waals surface area contributed by atoms with Gasteiger partial charge in [-0.25, -0.2) is 9.28 Å². The van der Waals surface area contributed by atoms with Crippen LogP contribution in [0.3, 0.4) is 0 Å². The van der Waals surface area contributed by atoms with E-state index in [1.165, 1.54) is 12.1 Å². The predicted molar refractivity (Wildman–Crippen MR) is 80.3 cm³/mol. The fraction of sp³-hybridized carbons (Fsp3) is 0.333. The van der Waals surface area contributed by atoms with E-state index in [1.807, 2.05) is 30.3 Å². The molecule has 6 heteroatoms. The van der Waals surface area contributed by atoms with Crippen LogP contribution in [0.4, 0.5) is 4.39 Å². The first-order valence-corrected chi connectivity index (χ1v) is 7.91. The quantitative estimate of drug-likeness (QED) is 0.774. The third-order valence-corrected chi connectivity index (χ3v) is 4.14. The van der Waals surface area contributed by atoms with Crippen LogP contribution in [0, 0.1) is 5.82 Å². The first-order valence-electron chi connectivity index (χ1n) is 7.91. The molecule has 2 aromatic carbocycles. The van der Waals surface area contributed by atoms with Crippen LogP contribution in [0.2, 0.25) is 0 Å². The minimum Gasteiger partial charge on any atom is -0.311 e. The van der Waals surface area contributed by atoms with Crippen LogP contribution in [0.25, 0.3) is 0 Å². The molecule has 0 saturated carbocycles. The number of benzene rings is 2. The van der Waals surface area contributed by atoms with E-state index in [1.54, 1.807) is 12.1 Å². The van der Waals surface area contributed by atoms with Crippen molar-refractivity contribution in [2.45, 2.75) is 37.6 Å². The second-order valence-corrected chi connectivity index (χ2v) is 5.81. The van der Waals surface area contributed by atoms with E-state index < -0.39 is 18.4 Å². The SMILES string of the molecule is Fc1ccc(C23CCCC(OOC(c4ccccc4)OO2)O3)cc1. The molecule has 0 aromatic heterocycles. The van der Waals surface area contributed by atoms with Crippen molar-refractivity contribution in [1.29, 1.82) is 0 Å². The molecule has 0 amide bonds. The van der Waals surface area contributed by atoms with Gasteiger partial charge in [-0.05, 0) is 18.6 Å². The molecule has 0 spiro atoms. The zero-order valence-corrected chi connectivity index (χ0v) is 12.9. The van der Waals surface area contributed by atoms with Crippen molar-refractivity contribution < 1.29 is 28.7 Å². The Bertz CT molecular complexity index is 678. The fourth-order valence-corrected chi connectivity index (χ4v) is 2.90. The van der Waals surface area contributed by atoms with Gasteiger partial charge in [0.25, 0.3) is 0 Å².